The fraction of sp³-hybridized carbons (Fsp3) is 0.250. The van der Waals surface area contributed by atoms with Crippen LogP contribution in [0.2, 0.25) is 0 Å². The fourth-order valence-corrected chi connectivity index (χ4v) is 1.17. The molecule has 0 heterocycles. The number of esters is 1. The molecule has 19 heavy (non-hydrogen) atoms. The van der Waals surface area contributed by atoms with E-state index in [0.29, 0.717) is 5.75 Å². The van der Waals surface area contributed by atoms with Gasteiger partial charge in [-0.05, 0) is 24.3 Å². The van der Waals surface area contributed by atoms with Crippen LogP contribution in [0.3, 0.4) is 0 Å². The molecular weight excluding hydrogens is 252 g/mol. The third-order valence-corrected chi connectivity index (χ3v) is 2.14. The van der Waals surface area contributed by atoms with E-state index < -0.39 is 24.5 Å². The monoisotopic (exact) mass is 266 g/mol. The Morgan fingerprint density at radius 1 is 1.16 bits per heavy atom. The van der Waals surface area contributed by atoms with Crippen molar-refractivity contribution in [3.8, 4) is 5.75 Å². The van der Waals surface area contributed by atoms with Gasteiger partial charge in [-0.1, -0.05) is 0 Å². The smallest absolute Gasteiger partial charge is 0.338 e. The van der Waals surface area contributed by atoms with E-state index in [4.69, 9.17) is 9.47 Å². The maximum Gasteiger partial charge on any atom is 0.338 e. The van der Waals surface area contributed by atoms with Crippen LogP contribution in [0.15, 0.2) is 24.3 Å². The molecule has 0 aromatic heterocycles. The molecule has 0 radical (unpaired) electrons. The number of carbonyl (C=O) groups excluding carboxylic acids is 3. The molecule has 1 aromatic carbocycles. The molecule has 0 aliphatic rings. The Kier molecular flexibility index (Phi) is 5.34. The summed E-state index contributed by atoms with van der Waals surface area (Å²) in [5.41, 5.74) is 0.286. The van der Waals surface area contributed by atoms with Crippen LogP contribution in [0.25, 0.3) is 0 Å². The molecule has 0 spiro atoms. The molecule has 0 saturated heterocycles. The van der Waals surface area contributed by atoms with Crippen LogP contribution in [0.4, 0.5) is 4.79 Å². The lowest BCUT2D eigenvalue weighted by Gasteiger charge is -2.06. The molecule has 0 bridgehead atoms. The molecule has 0 aliphatic carbocycles. The van der Waals surface area contributed by atoms with Gasteiger partial charge < -0.3 is 14.8 Å². The molecule has 2 N–H and O–H groups in total. The Labute approximate surface area is 109 Å². The first-order chi connectivity index (χ1) is 9.06. The number of hydrogen-bond donors (Lipinski definition) is 2. The minimum Gasteiger partial charge on any atom is -0.497 e. The fourth-order valence-electron chi connectivity index (χ4n) is 1.17. The number of methoxy groups -OCH3 is 1. The van der Waals surface area contributed by atoms with Crippen molar-refractivity contribution >= 4 is 17.9 Å². The normalized spacial score (nSPS) is 9.37. The summed E-state index contributed by atoms with van der Waals surface area (Å²) in [6, 6.07) is 5.56. The Morgan fingerprint density at radius 3 is 2.32 bits per heavy atom. The maximum atomic E-state index is 11.6. The zero-order valence-electron chi connectivity index (χ0n) is 10.6. The molecule has 1 rings (SSSR count). The Bertz CT molecular complexity index is 470. The van der Waals surface area contributed by atoms with Crippen molar-refractivity contribution in [1.82, 2.24) is 10.6 Å². The highest BCUT2D eigenvalue weighted by Gasteiger charge is 2.11. The van der Waals surface area contributed by atoms with E-state index in [1.807, 2.05) is 5.32 Å². The van der Waals surface area contributed by atoms with Gasteiger partial charge in [0.2, 0.25) is 0 Å². The maximum absolute atomic E-state index is 11.6. The van der Waals surface area contributed by atoms with Gasteiger partial charge in [0, 0.05) is 7.05 Å². The molecular formula is C12H14N2O5. The largest absolute Gasteiger partial charge is 0.497 e. The van der Waals surface area contributed by atoms with Crippen LogP contribution in [-0.2, 0) is 9.53 Å². The van der Waals surface area contributed by atoms with Crippen molar-refractivity contribution < 1.29 is 23.9 Å². The molecule has 7 nitrogen and oxygen atoms in total. The highest BCUT2D eigenvalue weighted by atomic mass is 16.5. The van der Waals surface area contributed by atoms with Gasteiger partial charge in [-0.15, -0.1) is 0 Å². The van der Waals surface area contributed by atoms with Crippen molar-refractivity contribution in [2.45, 2.75) is 0 Å². The van der Waals surface area contributed by atoms with E-state index >= 15 is 0 Å². The van der Waals surface area contributed by atoms with E-state index in [-0.39, 0.29) is 5.56 Å². The number of imide groups is 1. The van der Waals surface area contributed by atoms with Gasteiger partial charge in [-0.25, -0.2) is 9.59 Å². The van der Waals surface area contributed by atoms with Gasteiger partial charge in [0.1, 0.15) is 5.75 Å². The highest BCUT2D eigenvalue weighted by Crippen LogP contribution is 2.11. The van der Waals surface area contributed by atoms with E-state index in [2.05, 4.69) is 5.32 Å². The minimum atomic E-state index is -0.707. The van der Waals surface area contributed by atoms with Gasteiger partial charge in [0.05, 0.1) is 12.7 Å². The molecule has 0 fully saturated rings. The van der Waals surface area contributed by atoms with Crippen molar-refractivity contribution in [3.05, 3.63) is 29.8 Å². The number of amides is 3. The van der Waals surface area contributed by atoms with Crippen LogP contribution in [-0.4, -0.2) is 38.7 Å². The van der Waals surface area contributed by atoms with Gasteiger partial charge in [-0.2, -0.15) is 0 Å². The quantitative estimate of drug-likeness (QED) is 0.765. The summed E-state index contributed by atoms with van der Waals surface area (Å²) in [5, 5.41) is 4.17. The SMILES string of the molecule is CNC(=O)NC(=O)COC(=O)c1ccc(OC)cc1. The second-order valence-corrected chi connectivity index (χ2v) is 3.43. The Hall–Kier alpha value is -2.57. The Balaban J connectivity index is 2.46. The zero-order valence-corrected chi connectivity index (χ0v) is 10.6. The second kappa shape index (κ2) is 7.00. The third kappa shape index (κ3) is 4.66. The Morgan fingerprint density at radius 2 is 1.79 bits per heavy atom. The number of rotatable bonds is 4. The van der Waals surface area contributed by atoms with Gasteiger partial charge in [0.15, 0.2) is 6.61 Å². The summed E-state index contributed by atoms with van der Waals surface area (Å²) >= 11 is 0. The van der Waals surface area contributed by atoms with Crippen LogP contribution >= 0.6 is 0 Å². The van der Waals surface area contributed by atoms with Crippen LogP contribution in [0, 0.1) is 0 Å². The summed E-state index contributed by atoms with van der Waals surface area (Å²) in [6.45, 7) is -0.529. The minimum absolute atomic E-state index is 0.286. The number of urea groups is 1. The average Bonchev–Trinajstić information content (AvgIpc) is 2.44. The van der Waals surface area contributed by atoms with Crippen molar-refractivity contribution in [2.75, 3.05) is 20.8 Å². The standard InChI is InChI=1S/C12H14N2O5/c1-13-12(17)14-10(15)7-19-11(16)8-3-5-9(18-2)6-4-8/h3-6H,7H2,1-2H3,(H2,13,14,15,17). The van der Waals surface area contributed by atoms with E-state index in [1.54, 1.807) is 12.1 Å². The van der Waals surface area contributed by atoms with Crippen molar-refractivity contribution in [2.24, 2.45) is 0 Å². The molecule has 7 heteroatoms. The number of ether oxygens (including phenoxy) is 2. The number of hydrogen-bond acceptors (Lipinski definition) is 5. The van der Waals surface area contributed by atoms with Crippen molar-refractivity contribution in [3.63, 3.8) is 0 Å². The average molecular weight is 266 g/mol. The van der Waals surface area contributed by atoms with Crippen LogP contribution in [0.1, 0.15) is 10.4 Å². The molecule has 3 amide bonds. The molecule has 0 unspecified atom stereocenters. The molecule has 0 atom stereocenters. The molecule has 102 valence electrons. The summed E-state index contributed by atoms with van der Waals surface area (Å²) in [4.78, 5) is 33.5. The lowest BCUT2D eigenvalue weighted by Crippen LogP contribution is -2.39. The predicted molar refractivity (Wildman–Crippen MR) is 65.9 cm³/mol. The molecule has 0 saturated carbocycles. The summed E-state index contributed by atoms with van der Waals surface area (Å²) in [6.07, 6.45) is 0. The van der Waals surface area contributed by atoms with E-state index in [9.17, 15) is 14.4 Å². The first kappa shape index (κ1) is 14.5. The zero-order chi connectivity index (χ0) is 14.3. The number of nitrogens with one attached hydrogen (secondary N) is 2. The molecule has 1 aromatic rings. The molecule has 0 aliphatic heterocycles. The second-order valence-electron chi connectivity index (χ2n) is 3.43. The summed E-state index contributed by atoms with van der Waals surface area (Å²) < 4.78 is 9.68. The first-order valence-corrected chi connectivity index (χ1v) is 5.39. The lowest BCUT2D eigenvalue weighted by molar-refractivity contribution is -0.123. The summed E-state index contributed by atoms with van der Waals surface area (Å²) in [5.74, 6) is -0.759. The summed E-state index contributed by atoms with van der Waals surface area (Å²) in [7, 11) is 2.88. The lowest BCUT2D eigenvalue weighted by atomic mass is 10.2. The highest BCUT2D eigenvalue weighted by molar-refractivity contribution is 5.96. The van der Waals surface area contributed by atoms with Crippen LogP contribution in [0.5, 0.6) is 5.75 Å². The van der Waals surface area contributed by atoms with E-state index in [0.717, 1.165) is 0 Å². The predicted octanol–water partition coefficient (Wildman–Crippen LogP) is 0.308. The topological polar surface area (TPSA) is 93.7 Å². The first-order valence-electron chi connectivity index (χ1n) is 5.39. The van der Waals surface area contributed by atoms with Crippen molar-refractivity contribution in [1.29, 1.82) is 0 Å². The van der Waals surface area contributed by atoms with Gasteiger partial charge in [0.25, 0.3) is 5.91 Å². The number of carbonyl (C=O) groups is 3. The van der Waals surface area contributed by atoms with Gasteiger partial charge >= 0.3 is 12.0 Å². The third-order valence-electron chi connectivity index (χ3n) is 2.14. The van der Waals surface area contributed by atoms with Crippen LogP contribution < -0.4 is 15.4 Å². The number of benzene rings is 1. The van der Waals surface area contributed by atoms with E-state index in [1.165, 1.54) is 26.3 Å². The van der Waals surface area contributed by atoms with Gasteiger partial charge in [-0.3, -0.25) is 10.1 Å².